The molecular formula is C17H15N3O2. The Kier molecular flexibility index (Phi) is 2.76. The molecule has 0 saturated carbocycles. The van der Waals surface area contributed by atoms with E-state index in [9.17, 15) is 9.59 Å². The number of nitrogens with zero attached hydrogens (tertiary/aromatic N) is 2. The average Bonchev–Trinajstić information content (AvgIpc) is 3.03. The molecular weight excluding hydrogens is 278 g/mol. The van der Waals surface area contributed by atoms with Crippen molar-refractivity contribution in [2.45, 2.75) is 24.9 Å². The fourth-order valence-corrected chi connectivity index (χ4v) is 3.39. The zero-order valence-corrected chi connectivity index (χ0v) is 12.0. The molecule has 1 fully saturated rings. The van der Waals surface area contributed by atoms with Crippen LogP contribution in [0, 0.1) is 0 Å². The standard InChI is InChI=1S/C17H15N3O2/c21-15-17(9-8-12-5-1-2-7-14(12)17)19-16(22)20(15)11-13-6-3-4-10-18-13/h1-7,10H,8-9,11H2,(H,19,22). The molecule has 2 aromatic rings. The van der Waals surface area contributed by atoms with Gasteiger partial charge < -0.3 is 5.32 Å². The Balaban J connectivity index is 1.69. The Morgan fingerprint density at radius 1 is 1.14 bits per heavy atom. The van der Waals surface area contributed by atoms with Gasteiger partial charge in [-0.3, -0.25) is 14.7 Å². The minimum atomic E-state index is -0.886. The Morgan fingerprint density at radius 3 is 2.77 bits per heavy atom. The second kappa shape index (κ2) is 4.66. The summed E-state index contributed by atoms with van der Waals surface area (Å²) >= 11 is 0. The average molecular weight is 293 g/mol. The largest absolute Gasteiger partial charge is 0.325 e. The molecule has 2 aliphatic rings. The molecule has 1 N–H and O–H groups in total. The number of nitrogens with one attached hydrogen (secondary N) is 1. The summed E-state index contributed by atoms with van der Waals surface area (Å²) in [5, 5.41) is 2.92. The lowest BCUT2D eigenvalue weighted by Crippen LogP contribution is -2.41. The van der Waals surface area contributed by atoms with Crippen LogP contribution in [0.2, 0.25) is 0 Å². The van der Waals surface area contributed by atoms with Crippen molar-refractivity contribution in [1.82, 2.24) is 15.2 Å². The van der Waals surface area contributed by atoms with Gasteiger partial charge in [-0.05, 0) is 36.1 Å². The molecule has 1 spiro atoms. The number of amides is 3. The zero-order chi connectivity index (χ0) is 15.2. The fraction of sp³-hybridized carbons (Fsp3) is 0.235. The highest BCUT2D eigenvalue weighted by Gasteiger charge is 2.55. The highest BCUT2D eigenvalue weighted by molar-refractivity contribution is 6.08. The first-order chi connectivity index (χ1) is 10.7. The Labute approximate surface area is 128 Å². The number of benzene rings is 1. The Bertz CT molecular complexity index is 760. The smallest absolute Gasteiger partial charge is 0.319 e. The van der Waals surface area contributed by atoms with Crippen molar-refractivity contribution in [2.24, 2.45) is 0 Å². The Hall–Kier alpha value is -2.69. The number of hydrogen-bond acceptors (Lipinski definition) is 3. The molecule has 1 aliphatic carbocycles. The van der Waals surface area contributed by atoms with Gasteiger partial charge in [-0.15, -0.1) is 0 Å². The Morgan fingerprint density at radius 2 is 1.95 bits per heavy atom. The summed E-state index contributed by atoms with van der Waals surface area (Å²) in [6, 6.07) is 13.0. The number of pyridine rings is 1. The minimum absolute atomic E-state index is 0.173. The van der Waals surface area contributed by atoms with E-state index in [-0.39, 0.29) is 18.5 Å². The molecule has 5 nitrogen and oxygen atoms in total. The molecule has 3 amide bonds. The van der Waals surface area contributed by atoms with E-state index in [0.29, 0.717) is 12.1 Å². The van der Waals surface area contributed by atoms with E-state index in [1.165, 1.54) is 4.90 Å². The molecule has 1 aromatic heterocycles. The third-order valence-electron chi connectivity index (χ3n) is 4.47. The van der Waals surface area contributed by atoms with Crippen LogP contribution in [0.3, 0.4) is 0 Å². The third kappa shape index (κ3) is 1.75. The van der Waals surface area contributed by atoms with Crippen molar-refractivity contribution in [3.63, 3.8) is 0 Å². The lowest BCUT2D eigenvalue weighted by molar-refractivity contribution is -0.132. The minimum Gasteiger partial charge on any atom is -0.319 e. The summed E-state index contributed by atoms with van der Waals surface area (Å²) in [6.07, 6.45) is 3.09. The number of carbonyl (C=O) groups excluding carboxylic acids is 2. The van der Waals surface area contributed by atoms with Crippen molar-refractivity contribution >= 4 is 11.9 Å². The van der Waals surface area contributed by atoms with Crippen LogP contribution in [0.15, 0.2) is 48.7 Å². The van der Waals surface area contributed by atoms with E-state index in [4.69, 9.17) is 0 Å². The molecule has 1 aliphatic heterocycles. The number of carbonyl (C=O) groups is 2. The second-order valence-electron chi connectivity index (χ2n) is 5.71. The van der Waals surface area contributed by atoms with Crippen molar-refractivity contribution < 1.29 is 9.59 Å². The zero-order valence-electron chi connectivity index (χ0n) is 12.0. The van der Waals surface area contributed by atoms with Gasteiger partial charge in [0.05, 0.1) is 12.2 Å². The van der Waals surface area contributed by atoms with Crippen LogP contribution in [0.5, 0.6) is 0 Å². The SMILES string of the molecule is O=C1NC2(CCc3ccccc32)C(=O)N1Cc1ccccn1. The topological polar surface area (TPSA) is 62.3 Å². The van der Waals surface area contributed by atoms with Gasteiger partial charge in [-0.25, -0.2) is 4.79 Å². The third-order valence-corrected chi connectivity index (χ3v) is 4.47. The van der Waals surface area contributed by atoms with Crippen molar-refractivity contribution in [3.05, 3.63) is 65.5 Å². The predicted octanol–water partition coefficient (Wildman–Crippen LogP) is 1.98. The van der Waals surface area contributed by atoms with Crippen molar-refractivity contribution in [1.29, 1.82) is 0 Å². The van der Waals surface area contributed by atoms with E-state index in [2.05, 4.69) is 10.3 Å². The highest BCUT2D eigenvalue weighted by Crippen LogP contribution is 2.41. The molecule has 110 valence electrons. The van der Waals surface area contributed by atoms with Gasteiger partial charge >= 0.3 is 6.03 Å². The predicted molar refractivity (Wildman–Crippen MR) is 79.8 cm³/mol. The van der Waals surface area contributed by atoms with Crippen LogP contribution in [-0.2, 0) is 23.3 Å². The molecule has 22 heavy (non-hydrogen) atoms. The lowest BCUT2D eigenvalue weighted by atomic mass is 9.92. The fourth-order valence-electron chi connectivity index (χ4n) is 3.39. The molecule has 4 rings (SSSR count). The first-order valence-electron chi connectivity index (χ1n) is 7.33. The van der Waals surface area contributed by atoms with E-state index >= 15 is 0 Å². The number of fused-ring (bicyclic) bond motifs is 2. The van der Waals surface area contributed by atoms with Crippen LogP contribution >= 0.6 is 0 Å². The van der Waals surface area contributed by atoms with Gasteiger partial charge in [0.25, 0.3) is 5.91 Å². The molecule has 5 heteroatoms. The molecule has 0 radical (unpaired) electrons. The molecule has 2 heterocycles. The van der Waals surface area contributed by atoms with Crippen LogP contribution in [0.4, 0.5) is 4.79 Å². The van der Waals surface area contributed by atoms with Gasteiger partial charge in [0.2, 0.25) is 0 Å². The van der Waals surface area contributed by atoms with E-state index < -0.39 is 5.54 Å². The van der Waals surface area contributed by atoms with Crippen LogP contribution in [0.25, 0.3) is 0 Å². The van der Waals surface area contributed by atoms with Crippen molar-refractivity contribution in [3.8, 4) is 0 Å². The summed E-state index contributed by atoms with van der Waals surface area (Å²) in [6.45, 7) is 0.204. The number of rotatable bonds is 2. The summed E-state index contributed by atoms with van der Waals surface area (Å²) in [5.74, 6) is -0.173. The van der Waals surface area contributed by atoms with Gasteiger partial charge in [0.15, 0.2) is 0 Å². The number of aryl methyl sites for hydroxylation is 1. The molecule has 0 bridgehead atoms. The second-order valence-corrected chi connectivity index (χ2v) is 5.71. The highest BCUT2D eigenvalue weighted by atomic mass is 16.2. The summed E-state index contributed by atoms with van der Waals surface area (Å²) in [5.41, 5.74) is 1.88. The quantitative estimate of drug-likeness (QED) is 0.861. The summed E-state index contributed by atoms with van der Waals surface area (Å²) < 4.78 is 0. The normalized spacial score (nSPS) is 23.0. The van der Waals surface area contributed by atoms with Crippen LogP contribution < -0.4 is 5.32 Å². The molecule has 1 unspecified atom stereocenters. The number of hydrogen-bond donors (Lipinski definition) is 1. The summed E-state index contributed by atoms with van der Waals surface area (Å²) in [4.78, 5) is 30.7. The first kappa shape index (κ1) is 13.0. The van der Waals surface area contributed by atoms with E-state index in [1.54, 1.807) is 6.20 Å². The van der Waals surface area contributed by atoms with Crippen molar-refractivity contribution in [2.75, 3.05) is 0 Å². The maximum absolute atomic E-state index is 12.9. The monoisotopic (exact) mass is 293 g/mol. The number of imide groups is 1. The van der Waals surface area contributed by atoms with Crippen LogP contribution in [0.1, 0.15) is 23.2 Å². The molecule has 1 atom stereocenters. The maximum atomic E-state index is 12.9. The first-order valence-corrected chi connectivity index (χ1v) is 7.33. The molecule has 1 saturated heterocycles. The van der Waals surface area contributed by atoms with Gasteiger partial charge in [0, 0.05) is 6.20 Å². The van der Waals surface area contributed by atoms with E-state index in [0.717, 1.165) is 17.5 Å². The lowest BCUT2D eigenvalue weighted by Gasteiger charge is -2.22. The van der Waals surface area contributed by atoms with Gasteiger partial charge in [0.1, 0.15) is 5.54 Å². The summed E-state index contributed by atoms with van der Waals surface area (Å²) in [7, 11) is 0. The van der Waals surface area contributed by atoms with Crippen LogP contribution in [-0.4, -0.2) is 21.8 Å². The van der Waals surface area contributed by atoms with E-state index in [1.807, 2.05) is 42.5 Å². The molecule has 1 aromatic carbocycles. The number of urea groups is 1. The van der Waals surface area contributed by atoms with Gasteiger partial charge in [-0.2, -0.15) is 0 Å². The maximum Gasteiger partial charge on any atom is 0.325 e. The van der Waals surface area contributed by atoms with Gasteiger partial charge in [-0.1, -0.05) is 30.3 Å². The number of aromatic nitrogens is 1.